The van der Waals surface area contributed by atoms with Gasteiger partial charge in [-0.3, -0.25) is 4.79 Å². The monoisotopic (exact) mass is 357 g/mol. The van der Waals surface area contributed by atoms with Crippen LogP contribution in [-0.4, -0.2) is 11.7 Å². The molecule has 0 bridgehead atoms. The van der Waals surface area contributed by atoms with E-state index in [-0.39, 0.29) is 21.6 Å². The summed E-state index contributed by atoms with van der Waals surface area (Å²) in [4.78, 5) is 12.5. The van der Waals surface area contributed by atoms with Crippen LogP contribution in [0.1, 0.15) is 13.8 Å². The van der Waals surface area contributed by atoms with E-state index in [1.165, 1.54) is 12.1 Å². The summed E-state index contributed by atoms with van der Waals surface area (Å²) in [5, 5.41) is 5.94. The molecular weight excluding hydrogens is 345 g/mol. The Balaban J connectivity index is 2.39. The summed E-state index contributed by atoms with van der Waals surface area (Å²) in [5.41, 5.74) is 6.37. The van der Waals surface area contributed by atoms with E-state index in [1.807, 2.05) is 19.9 Å². The molecule has 0 unspecified atom stereocenters. The number of hydrogen-bond acceptors (Lipinski definition) is 3. The van der Waals surface area contributed by atoms with Crippen LogP contribution in [0, 0.1) is 5.92 Å². The average Bonchev–Trinajstić information content (AvgIpc) is 2.65. The van der Waals surface area contributed by atoms with E-state index in [0.717, 1.165) is 5.01 Å². The molecule has 0 aliphatic carbocycles. The van der Waals surface area contributed by atoms with Crippen LogP contribution >= 0.6 is 34.8 Å². The molecule has 0 radical (unpaired) electrons. The highest BCUT2D eigenvalue weighted by molar-refractivity contribution is 6.43. The molecule has 2 rings (SSSR count). The largest absolute Gasteiger partial charge is 0.382 e. The third-order valence-corrected chi connectivity index (χ3v) is 3.65. The van der Waals surface area contributed by atoms with Crippen molar-refractivity contribution in [2.75, 3.05) is 5.01 Å². The SMILES string of the molecule is CC(C)/C=C/C=C1/C(=O)N(c2c(Cl)cc(Cl)cc2Cl)N=C1N. The van der Waals surface area contributed by atoms with E-state index in [9.17, 15) is 4.79 Å². The number of carbonyl (C=O) groups excluding carboxylic acids is 1. The van der Waals surface area contributed by atoms with E-state index in [1.54, 1.807) is 12.2 Å². The summed E-state index contributed by atoms with van der Waals surface area (Å²) >= 11 is 18.1. The molecule has 4 nitrogen and oxygen atoms in total. The molecule has 0 spiro atoms. The third kappa shape index (κ3) is 3.46. The van der Waals surface area contributed by atoms with Gasteiger partial charge in [0.2, 0.25) is 0 Å². The van der Waals surface area contributed by atoms with Gasteiger partial charge in [-0.05, 0) is 24.1 Å². The Kier molecular flexibility index (Phi) is 5.16. The van der Waals surface area contributed by atoms with Crippen LogP contribution in [-0.2, 0) is 4.79 Å². The van der Waals surface area contributed by atoms with Crippen LogP contribution in [0.4, 0.5) is 5.69 Å². The lowest BCUT2D eigenvalue weighted by Gasteiger charge is -2.15. The normalized spacial score (nSPS) is 17.2. The Bertz CT molecular complexity index is 685. The number of anilines is 1. The van der Waals surface area contributed by atoms with Crippen molar-refractivity contribution in [3.63, 3.8) is 0 Å². The lowest BCUT2D eigenvalue weighted by molar-refractivity contribution is -0.114. The number of allylic oxidation sites excluding steroid dienone is 3. The smallest absolute Gasteiger partial charge is 0.282 e. The van der Waals surface area contributed by atoms with Gasteiger partial charge in [0.15, 0.2) is 5.84 Å². The fraction of sp³-hybridized carbons (Fsp3) is 0.200. The average molecular weight is 359 g/mol. The zero-order chi connectivity index (χ0) is 16.4. The van der Waals surface area contributed by atoms with Gasteiger partial charge < -0.3 is 5.73 Å². The number of carbonyl (C=O) groups is 1. The minimum Gasteiger partial charge on any atom is -0.382 e. The number of amides is 1. The predicted octanol–water partition coefficient (Wildman–Crippen LogP) is 4.40. The Hall–Kier alpha value is -1.49. The number of amidine groups is 1. The first kappa shape index (κ1) is 16.9. The van der Waals surface area contributed by atoms with Crippen LogP contribution in [0.2, 0.25) is 15.1 Å². The first-order chi connectivity index (χ1) is 10.3. The molecule has 0 saturated heterocycles. The number of nitrogens with zero attached hydrogens (tertiary/aromatic N) is 2. The quantitative estimate of drug-likeness (QED) is 0.814. The lowest BCUT2D eigenvalue weighted by atomic mass is 10.1. The zero-order valence-electron chi connectivity index (χ0n) is 12.0. The molecule has 22 heavy (non-hydrogen) atoms. The standard InChI is InChI=1S/C15H14Cl3N3O/c1-8(2)4-3-5-10-14(19)20-21(15(10)22)13-11(17)6-9(16)7-12(13)18/h3-8H,1-2H3,(H2,19,20)/b4-3+,10-5+. The first-order valence-electron chi connectivity index (χ1n) is 6.53. The van der Waals surface area contributed by atoms with Crippen molar-refractivity contribution < 1.29 is 4.79 Å². The fourth-order valence-corrected chi connectivity index (χ4v) is 2.83. The van der Waals surface area contributed by atoms with E-state index < -0.39 is 5.91 Å². The maximum absolute atomic E-state index is 12.5. The van der Waals surface area contributed by atoms with Crippen molar-refractivity contribution in [2.24, 2.45) is 16.8 Å². The summed E-state index contributed by atoms with van der Waals surface area (Å²) in [6.45, 7) is 4.06. The Morgan fingerprint density at radius 1 is 1.23 bits per heavy atom. The summed E-state index contributed by atoms with van der Waals surface area (Å²) in [6.07, 6.45) is 5.34. The van der Waals surface area contributed by atoms with Gasteiger partial charge in [-0.2, -0.15) is 5.01 Å². The molecule has 1 aromatic rings. The molecular formula is C15H14Cl3N3O. The Morgan fingerprint density at radius 2 is 1.82 bits per heavy atom. The van der Waals surface area contributed by atoms with Crippen molar-refractivity contribution in [1.29, 1.82) is 0 Å². The van der Waals surface area contributed by atoms with Crippen LogP contribution < -0.4 is 10.7 Å². The second kappa shape index (κ2) is 6.73. The van der Waals surface area contributed by atoms with Crippen LogP contribution in [0.5, 0.6) is 0 Å². The number of hydrazone groups is 1. The lowest BCUT2D eigenvalue weighted by Crippen LogP contribution is -2.22. The third-order valence-electron chi connectivity index (χ3n) is 2.86. The highest BCUT2D eigenvalue weighted by Gasteiger charge is 2.32. The van der Waals surface area contributed by atoms with Gasteiger partial charge in [-0.25, -0.2) is 0 Å². The van der Waals surface area contributed by atoms with Gasteiger partial charge in [-0.1, -0.05) is 60.8 Å². The van der Waals surface area contributed by atoms with Gasteiger partial charge in [0.25, 0.3) is 5.91 Å². The molecule has 1 heterocycles. The minimum absolute atomic E-state index is 0.112. The van der Waals surface area contributed by atoms with Gasteiger partial charge in [0.1, 0.15) is 5.69 Å². The van der Waals surface area contributed by atoms with E-state index in [2.05, 4.69) is 5.10 Å². The molecule has 0 saturated carbocycles. The van der Waals surface area contributed by atoms with Crippen molar-refractivity contribution >= 4 is 52.2 Å². The van der Waals surface area contributed by atoms with Crippen LogP contribution in [0.15, 0.2) is 41.0 Å². The zero-order valence-corrected chi connectivity index (χ0v) is 14.2. The number of rotatable bonds is 3. The van der Waals surface area contributed by atoms with Crippen molar-refractivity contribution in [3.8, 4) is 0 Å². The maximum atomic E-state index is 12.5. The topological polar surface area (TPSA) is 58.7 Å². The van der Waals surface area contributed by atoms with Crippen molar-refractivity contribution in [2.45, 2.75) is 13.8 Å². The van der Waals surface area contributed by atoms with E-state index >= 15 is 0 Å². The number of halogens is 3. The molecule has 116 valence electrons. The summed E-state index contributed by atoms with van der Waals surface area (Å²) < 4.78 is 0. The summed E-state index contributed by atoms with van der Waals surface area (Å²) in [6, 6.07) is 2.98. The first-order valence-corrected chi connectivity index (χ1v) is 7.66. The van der Waals surface area contributed by atoms with Gasteiger partial charge >= 0.3 is 0 Å². The number of nitrogens with two attached hydrogens (primary N) is 1. The Labute approximate surface area is 143 Å². The highest BCUT2D eigenvalue weighted by Crippen LogP contribution is 2.38. The number of hydrogen-bond donors (Lipinski definition) is 1. The van der Waals surface area contributed by atoms with Crippen molar-refractivity contribution in [1.82, 2.24) is 0 Å². The number of benzene rings is 1. The van der Waals surface area contributed by atoms with E-state index in [4.69, 9.17) is 40.5 Å². The van der Waals surface area contributed by atoms with Gasteiger partial charge in [0.05, 0.1) is 15.6 Å². The second-order valence-corrected chi connectivity index (χ2v) is 6.28. The molecule has 0 fully saturated rings. The molecule has 2 N–H and O–H groups in total. The van der Waals surface area contributed by atoms with Crippen molar-refractivity contribution in [3.05, 3.63) is 51.0 Å². The second-order valence-electron chi connectivity index (χ2n) is 5.03. The molecule has 1 aliphatic rings. The predicted molar refractivity (Wildman–Crippen MR) is 92.6 cm³/mol. The molecule has 1 amide bonds. The summed E-state index contributed by atoms with van der Waals surface area (Å²) in [5.74, 6) is 0.0836. The molecule has 1 aromatic carbocycles. The van der Waals surface area contributed by atoms with Gasteiger partial charge in [0, 0.05) is 5.02 Å². The molecule has 7 heteroatoms. The highest BCUT2D eigenvalue weighted by atomic mass is 35.5. The molecule has 1 aliphatic heterocycles. The van der Waals surface area contributed by atoms with Crippen LogP contribution in [0.3, 0.4) is 0 Å². The minimum atomic E-state index is -0.392. The van der Waals surface area contributed by atoms with Crippen LogP contribution in [0.25, 0.3) is 0 Å². The summed E-state index contributed by atoms with van der Waals surface area (Å²) in [7, 11) is 0. The van der Waals surface area contributed by atoms with Gasteiger partial charge in [-0.15, -0.1) is 5.10 Å². The maximum Gasteiger partial charge on any atom is 0.282 e. The fourth-order valence-electron chi connectivity index (χ4n) is 1.85. The van der Waals surface area contributed by atoms with E-state index in [0.29, 0.717) is 16.5 Å². The molecule has 0 atom stereocenters. The Morgan fingerprint density at radius 3 is 2.36 bits per heavy atom. The molecule has 0 aromatic heterocycles.